The van der Waals surface area contributed by atoms with E-state index in [2.05, 4.69) is 20.6 Å². The number of carbonyl (C=O) groups excluding carboxylic acids is 2. The molecule has 146 valence electrons. The lowest BCUT2D eigenvalue weighted by atomic mass is 10.0. The van der Waals surface area contributed by atoms with Crippen LogP contribution in [0, 0.1) is 12.8 Å². The quantitative estimate of drug-likeness (QED) is 0.587. The molecule has 2 aromatic carbocycles. The molecule has 0 aliphatic carbocycles. The maximum absolute atomic E-state index is 12.8. The molecule has 1 aromatic heterocycles. The molecule has 0 radical (unpaired) electrons. The molecule has 6 nitrogen and oxygen atoms in total. The topological polar surface area (TPSA) is 86.9 Å². The van der Waals surface area contributed by atoms with E-state index in [-0.39, 0.29) is 24.2 Å². The largest absolute Gasteiger partial charge is 0.344 e. The summed E-state index contributed by atoms with van der Waals surface area (Å²) in [7, 11) is 0. The first-order valence-electron chi connectivity index (χ1n) is 9.51. The summed E-state index contributed by atoms with van der Waals surface area (Å²) < 4.78 is 0. The predicted octanol–water partition coefficient (Wildman–Crippen LogP) is 3.58. The van der Waals surface area contributed by atoms with Crippen molar-refractivity contribution in [2.24, 2.45) is 5.92 Å². The van der Waals surface area contributed by atoms with Gasteiger partial charge in [-0.2, -0.15) is 0 Å². The highest BCUT2D eigenvalue weighted by Crippen LogP contribution is 2.14. The van der Waals surface area contributed by atoms with Gasteiger partial charge >= 0.3 is 0 Å². The van der Waals surface area contributed by atoms with Crippen LogP contribution in [0.4, 0.5) is 5.95 Å². The van der Waals surface area contributed by atoms with Gasteiger partial charge in [0, 0.05) is 0 Å². The molecular weight excluding hydrogens is 352 g/mol. The maximum atomic E-state index is 12.8. The van der Waals surface area contributed by atoms with Gasteiger partial charge in [0.05, 0.1) is 17.5 Å². The van der Waals surface area contributed by atoms with Crippen molar-refractivity contribution in [2.45, 2.75) is 39.7 Å². The molecule has 0 saturated carbocycles. The Morgan fingerprint density at radius 1 is 1.07 bits per heavy atom. The number of carbonyl (C=O) groups is 2. The Bertz CT molecular complexity index is 927. The Hall–Kier alpha value is -3.15. The standard InChI is InChI=1S/C22H26N4O2/c1-14(2)12-19(23-20(27)13-16-10-8-15(3)9-11-16)21(28)26-22-24-17-6-4-5-7-18(17)25-22/h4-11,14,19H,12-13H2,1-3H3,(H,23,27)(H2,24,25,26,28). The van der Waals surface area contributed by atoms with Crippen LogP contribution < -0.4 is 10.6 Å². The Morgan fingerprint density at radius 3 is 2.46 bits per heavy atom. The minimum atomic E-state index is -0.619. The summed E-state index contributed by atoms with van der Waals surface area (Å²) in [6.45, 7) is 6.05. The van der Waals surface area contributed by atoms with E-state index in [0.29, 0.717) is 12.4 Å². The number of benzene rings is 2. The van der Waals surface area contributed by atoms with Crippen molar-refractivity contribution in [3.8, 4) is 0 Å². The fourth-order valence-corrected chi connectivity index (χ4v) is 3.06. The molecule has 1 unspecified atom stereocenters. The number of nitrogens with zero attached hydrogens (tertiary/aromatic N) is 1. The number of para-hydroxylation sites is 2. The van der Waals surface area contributed by atoms with Crippen molar-refractivity contribution in [1.82, 2.24) is 15.3 Å². The first-order valence-corrected chi connectivity index (χ1v) is 9.51. The molecule has 3 N–H and O–H groups in total. The van der Waals surface area contributed by atoms with Gasteiger partial charge < -0.3 is 10.3 Å². The molecule has 0 saturated heterocycles. The van der Waals surface area contributed by atoms with Gasteiger partial charge in [0.25, 0.3) is 0 Å². The molecule has 0 aliphatic rings. The lowest BCUT2D eigenvalue weighted by Crippen LogP contribution is -2.45. The molecule has 0 bridgehead atoms. The molecular formula is C22H26N4O2. The van der Waals surface area contributed by atoms with Crippen LogP contribution in [0.25, 0.3) is 11.0 Å². The number of hydrogen-bond donors (Lipinski definition) is 3. The number of rotatable bonds is 7. The fraction of sp³-hybridized carbons (Fsp3) is 0.318. The monoisotopic (exact) mass is 378 g/mol. The average molecular weight is 378 g/mol. The number of nitrogens with one attached hydrogen (secondary N) is 3. The summed E-state index contributed by atoms with van der Waals surface area (Å²) in [5.74, 6) is 0.193. The van der Waals surface area contributed by atoms with Crippen LogP contribution in [0.3, 0.4) is 0 Å². The first kappa shape index (κ1) is 19.6. The molecule has 28 heavy (non-hydrogen) atoms. The van der Waals surface area contributed by atoms with E-state index < -0.39 is 6.04 Å². The lowest BCUT2D eigenvalue weighted by Gasteiger charge is -2.19. The van der Waals surface area contributed by atoms with Crippen LogP contribution >= 0.6 is 0 Å². The molecule has 2 amide bonds. The number of aromatic nitrogens is 2. The van der Waals surface area contributed by atoms with Crippen molar-refractivity contribution in [3.05, 3.63) is 59.7 Å². The Labute approximate surface area is 164 Å². The molecule has 6 heteroatoms. The van der Waals surface area contributed by atoms with Gasteiger partial charge in [-0.3, -0.25) is 14.9 Å². The van der Waals surface area contributed by atoms with Gasteiger partial charge in [-0.25, -0.2) is 4.98 Å². The third kappa shape index (κ3) is 5.19. The zero-order chi connectivity index (χ0) is 20.1. The van der Waals surface area contributed by atoms with Gasteiger partial charge in [-0.1, -0.05) is 55.8 Å². The van der Waals surface area contributed by atoms with Gasteiger partial charge in [-0.05, 0) is 37.0 Å². The van der Waals surface area contributed by atoms with E-state index in [1.165, 1.54) is 0 Å². The second-order valence-corrected chi connectivity index (χ2v) is 7.50. The predicted molar refractivity (Wildman–Crippen MR) is 111 cm³/mol. The number of anilines is 1. The Kier molecular flexibility index (Phi) is 6.09. The number of hydrogen-bond acceptors (Lipinski definition) is 3. The van der Waals surface area contributed by atoms with Gasteiger partial charge in [0.2, 0.25) is 17.8 Å². The normalized spacial score (nSPS) is 12.1. The highest BCUT2D eigenvalue weighted by molar-refractivity contribution is 5.97. The van der Waals surface area contributed by atoms with Crippen LogP contribution in [0.1, 0.15) is 31.4 Å². The third-order valence-electron chi connectivity index (χ3n) is 4.48. The van der Waals surface area contributed by atoms with Crippen molar-refractivity contribution in [3.63, 3.8) is 0 Å². The minimum absolute atomic E-state index is 0.172. The minimum Gasteiger partial charge on any atom is -0.344 e. The summed E-state index contributed by atoms with van der Waals surface area (Å²) in [6.07, 6.45) is 0.790. The highest BCUT2D eigenvalue weighted by atomic mass is 16.2. The zero-order valence-corrected chi connectivity index (χ0v) is 16.5. The summed E-state index contributed by atoms with van der Waals surface area (Å²) >= 11 is 0. The number of fused-ring (bicyclic) bond motifs is 1. The van der Waals surface area contributed by atoms with Crippen LogP contribution in [0.2, 0.25) is 0 Å². The molecule has 0 spiro atoms. The third-order valence-corrected chi connectivity index (χ3v) is 4.48. The number of aryl methyl sites for hydroxylation is 1. The molecule has 3 rings (SSSR count). The average Bonchev–Trinajstić information content (AvgIpc) is 3.05. The second-order valence-electron chi connectivity index (χ2n) is 7.50. The molecule has 1 atom stereocenters. The highest BCUT2D eigenvalue weighted by Gasteiger charge is 2.23. The van der Waals surface area contributed by atoms with E-state index in [9.17, 15) is 9.59 Å². The van der Waals surface area contributed by atoms with E-state index in [0.717, 1.165) is 22.2 Å². The van der Waals surface area contributed by atoms with Gasteiger partial charge in [0.1, 0.15) is 6.04 Å². The van der Waals surface area contributed by atoms with Crippen molar-refractivity contribution < 1.29 is 9.59 Å². The van der Waals surface area contributed by atoms with Gasteiger partial charge in [-0.15, -0.1) is 0 Å². The van der Waals surface area contributed by atoms with E-state index in [1.807, 2.05) is 69.3 Å². The van der Waals surface area contributed by atoms with Crippen LogP contribution in [-0.2, 0) is 16.0 Å². The second kappa shape index (κ2) is 8.69. The van der Waals surface area contributed by atoms with E-state index in [4.69, 9.17) is 0 Å². The van der Waals surface area contributed by atoms with Gasteiger partial charge in [0.15, 0.2) is 0 Å². The van der Waals surface area contributed by atoms with E-state index >= 15 is 0 Å². The molecule has 0 aliphatic heterocycles. The number of imidazole rings is 1. The summed E-state index contributed by atoms with van der Waals surface area (Å²) in [4.78, 5) is 32.7. The Morgan fingerprint density at radius 2 is 1.79 bits per heavy atom. The number of H-pyrrole nitrogens is 1. The number of aromatic amines is 1. The summed E-state index contributed by atoms with van der Waals surface area (Å²) in [5, 5.41) is 5.67. The smallest absolute Gasteiger partial charge is 0.249 e. The first-order chi connectivity index (χ1) is 13.4. The van der Waals surface area contributed by atoms with Crippen molar-refractivity contribution in [1.29, 1.82) is 0 Å². The SMILES string of the molecule is Cc1ccc(CC(=O)NC(CC(C)C)C(=O)Nc2nc3ccccc3[nH]2)cc1. The Balaban J connectivity index is 1.66. The zero-order valence-electron chi connectivity index (χ0n) is 16.5. The molecule has 1 heterocycles. The van der Waals surface area contributed by atoms with Crippen molar-refractivity contribution in [2.75, 3.05) is 5.32 Å². The number of amides is 2. The van der Waals surface area contributed by atoms with Crippen molar-refractivity contribution >= 4 is 28.8 Å². The molecule has 0 fully saturated rings. The fourth-order valence-electron chi connectivity index (χ4n) is 3.06. The van der Waals surface area contributed by atoms with Crippen LogP contribution in [0.5, 0.6) is 0 Å². The maximum Gasteiger partial charge on any atom is 0.249 e. The van der Waals surface area contributed by atoms with Crippen LogP contribution in [0.15, 0.2) is 48.5 Å². The summed E-state index contributed by atoms with van der Waals surface area (Å²) in [6, 6.07) is 14.8. The lowest BCUT2D eigenvalue weighted by molar-refractivity contribution is -0.126. The summed E-state index contributed by atoms with van der Waals surface area (Å²) in [5.41, 5.74) is 3.69. The van der Waals surface area contributed by atoms with E-state index in [1.54, 1.807) is 0 Å². The molecule has 3 aromatic rings. The van der Waals surface area contributed by atoms with Crippen LogP contribution in [-0.4, -0.2) is 27.8 Å².